The van der Waals surface area contributed by atoms with Gasteiger partial charge in [0, 0.05) is 32.6 Å². The lowest BCUT2D eigenvalue weighted by Crippen LogP contribution is -2.51. The molecule has 0 spiro atoms. The number of benzene rings is 2. The molecule has 1 N–H and O–H groups in total. The molecular formula is C22H28N2O2. The number of hydrogen-bond donors (Lipinski definition) is 1. The van der Waals surface area contributed by atoms with Crippen LogP contribution in [0.1, 0.15) is 24.5 Å². The first-order chi connectivity index (χ1) is 12.7. The van der Waals surface area contributed by atoms with Gasteiger partial charge in [0.25, 0.3) is 0 Å². The van der Waals surface area contributed by atoms with E-state index in [-0.39, 0.29) is 5.91 Å². The van der Waals surface area contributed by atoms with Crippen molar-refractivity contribution in [3.8, 4) is 5.75 Å². The van der Waals surface area contributed by atoms with E-state index in [1.54, 1.807) is 14.0 Å². The normalized spacial score (nSPS) is 20.0. The molecule has 3 rings (SSSR count). The number of hydrogen-bond acceptors (Lipinski definition) is 3. The minimum absolute atomic E-state index is 0.177. The van der Waals surface area contributed by atoms with Gasteiger partial charge in [0.2, 0.25) is 5.91 Å². The summed E-state index contributed by atoms with van der Waals surface area (Å²) in [6.45, 7) is 4.16. The molecule has 138 valence electrons. The summed E-state index contributed by atoms with van der Waals surface area (Å²) in [4.78, 5) is 13.8. The fraction of sp³-hybridized carbons (Fsp3) is 0.409. The zero-order chi connectivity index (χ0) is 18.4. The average Bonchev–Trinajstić information content (AvgIpc) is 2.68. The van der Waals surface area contributed by atoms with Crippen molar-refractivity contribution in [3.63, 3.8) is 0 Å². The van der Waals surface area contributed by atoms with Crippen LogP contribution < -0.4 is 10.1 Å². The Kier molecular flexibility index (Phi) is 6.29. The molecule has 0 aromatic heterocycles. The molecule has 4 nitrogen and oxygen atoms in total. The van der Waals surface area contributed by atoms with Crippen LogP contribution in [0.25, 0.3) is 0 Å². The third-order valence-electron chi connectivity index (χ3n) is 5.25. The molecule has 0 unspecified atom stereocenters. The van der Waals surface area contributed by atoms with Gasteiger partial charge in [0.1, 0.15) is 5.75 Å². The molecule has 1 fully saturated rings. The van der Waals surface area contributed by atoms with E-state index >= 15 is 0 Å². The molecule has 4 heteroatoms. The van der Waals surface area contributed by atoms with E-state index in [1.165, 1.54) is 11.1 Å². The summed E-state index contributed by atoms with van der Waals surface area (Å²) in [5.41, 5.74) is 2.58. The summed E-state index contributed by atoms with van der Waals surface area (Å²) in [7, 11) is 1.68. The van der Waals surface area contributed by atoms with Crippen molar-refractivity contribution in [2.24, 2.45) is 5.92 Å². The number of likely N-dealkylation sites (tertiary alicyclic amines) is 1. The van der Waals surface area contributed by atoms with Gasteiger partial charge in [0.15, 0.2) is 0 Å². The molecule has 2 atom stereocenters. The van der Waals surface area contributed by atoms with Crippen LogP contribution in [0.2, 0.25) is 0 Å². The quantitative estimate of drug-likeness (QED) is 0.868. The Morgan fingerprint density at radius 2 is 1.85 bits per heavy atom. The minimum Gasteiger partial charge on any atom is -0.497 e. The Bertz CT molecular complexity index is 700. The molecule has 1 heterocycles. The summed E-state index contributed by atoms with van der Waals surface area (Å²) in [5, 5.41) is 3.73. The second kappa shape index (κ2) is 8.86. The molecule has 0 radical (unpaired) electrons. The molecule has 2 aromatic carbocycles. The Balaban J connectivity index is 1.65. The SMILES string of the molecule is COc1ccc(CN[C@H]2CCN(C(C)=O)C[C@H]2Cc2ccccc2)cc1. The summed E-state index contributed by atoms with van der Waals surface area (Å²) >= 11 is 0. The monoisotopic (exact) mass is 352 g/mol. The molecule has 1 saturated heterocycles. The molecule has 1 aliphatic rings. The summed E-state index contributed by atoms with van der Waals surface area (Å²) in [5.74, 6) is 1.48. The highest BCUT2D eigenvalue weighted by atomic mass is 16.5. The number of piperidine rings is 1. The summed E-state index contributed by atoms with van der Waals surface area (Å²) in [6.07, 6.45) is 1.98. The molecule has 0 bridgehead atoms. The van der Waals surface area contributed by atoms with Crippen LogP contribution in [0.3, 0.4) is 0 Å². The first-order valence-electron chi connectivity index (χ1n) is 9.31. The van der Waals surface area contributed by atoms with Crippen molar-refractivity contribution in [1.29, 1.82) is 0 Å². The van der Waals surface area contributed by atoms with Crippen molar-refractivity contribution in [2.75, 3.05) is 20.2 Å². The van der Waals surface area contributed by atoms with E-state index in [2.05, 4.69) is 41.7 Å². The van der Waals surface area contributed by atoms with Gasteiger partial charge in [-0.05, 0) is 42.0 Å². The van der Waals surface area contributed by atoms with E-state index in [4.69, 9.17) is 4.74 Å². The van der Waals surface area contributed by atoms with Crippen LogP contribution in [0.15, 0.2) is 54.6 Å². The Labute approximate surface area is 156 Å². The molecule has 26 heavy (non-hydrogen) atoms. The largest absolute Gasteiger partial charge is 0.497 e. The predicted octanol–water partition coefficient (Wildman–Crippen LogP) is 3.26. The van der Waals surface area contributed by atoms with Gasteiger partial charge in [-0.2, -0.15) is 0 Å². The van der Waals surface area contributed by atoms with Gasteiger partial charge >= 0.3 is 0 Å². The third kappa shape index (κ3) is 4.85. The number of carbonyl (C=O) groups excluding carboxylic acids is 1. The van der Waals surface area contributed by atoms with Gasteiger partial charge in [-0.1, -0.05) is 42.5 Å². The summed E-state index contributed by atoms with van der Waals surface area (Å²) < 4.78 is 5.22. The predicted molar refractivity (Wildman–Crippen MR) is 104 cm³/mol. The van der Waals surface area contributed by atoms with Gasteiger partial charge in [-0.25, -0.2) is 0 Å². The maximum atomic E-state index is 11.8. The zero-order valence-corrected chi connectivity index (χ0v) is 15.7. The lowest BCUT2D eigenvalue weighted by Gasteiger charge is -2.39. The highest BCUT2D eigenvalue weighted by Crippen LogP contribution is 2.22. The molecule has 1 amide bonds. The molecule has 2 aromatic rings. The van der Waals surface area contributed by atoms with Crippen molar-refractivity contribution >= 4 is 5.91 Å². The van der Waals surface area contributed by atoms with Crippen molar-refractivity contribution in [2.45, 2.75) is 32.4 Å². The third-order valence-corrected chi connectivity index (χ3v) is 5.25. The van der Waals surface area contributed by atoms with Gasteiger partial charge < -0.3 is 15.0 Å². The first-order valence-corrected chi connectivity index (χ1v) is 9.31. The van der Waals surface area contributed by atoms with Gasteiger partial charge in [0.05, 0.1) is 7.11 Å². The molecular weight excluding hydrogens is 324 g/mol. The average molecular weight is 352 g/mol. The number of methoxy groups -OCH3 is 1. The number of nitrogens with zero attached hydrogens (tertiary/aromatic N) is 1. The smallest absolute Gasteiger partial charge is 0.219 e. The van der Waals surface area contributed by atoms with Crippen LogP contribution >= 0.6 is 0 Å². The highest BCUT2D eigenvalue weighted by molar-refractivity contribution is 5.73. The summed E-state index contributed by atoms with van der Waals surface area (Å²) in [6, 6.07) is 19.2. The van der Waals surface area contributed by atoms with Gasteiger partial charge in [-0.15, -0.1) is 0 Å². The fourth-order valence-electron chi connectivity index (χ4n) is 3.70. The zero-order valence-electron chi connectivity index (χ0n) is 15.7. The number of ether oxygens (including phenoxy) is 1. The molecule has 1 aliphatic heterocycles. The van der Waals surface area contributed by atoms with E-state index in [0.29, 0.717) is 12.0 Å². The van der Waals surface area contributed by atoms with Crippen molar-refractivity contribution in [1.82, 2.24) is 10.2 Å². The Morgan fingerprint density at radius 3 is 2.50 bits per heavy atom. The van der Waals surface area contributed by atoms with Crippen molar-refractivity contribution in [3.05, 3.63) is 65.7 Å². The second-order valence-corrected chi connectivity index (χ2v) is 7.04. The Morgan fingerprint density at radius 1 is 1.12 bits per heavy atom. The number of amides is 1. The lowest BCUT2D eigenvalue weighted by atomic mass is 9.86. The number of carbonyl (C=O) groups is 1. The van der Waals surface area contributed by atoms with Crippen LogP contribution in [0.5, 0.6) is 5.75 Å². The van der Waals surface area contributed by atoms with Crippen LogP contribution in [-0.2, 0) is 17.8 Å². The molecule has 0 saturated carbocycles. The van der Waals surface area contributed by atoms with E-state index in [9.17, 15) is 4.79 Å². The van der Waals surface area contributed by atoms with Crippen LogP contribution in [-0.4, -0.2) is 37.0 Å². The second-order valence-electron chi connectivity index (χ2n) is 7.04. The highest BCUT2D eigenvalue weighted by Gasteiger charge is 2.30. The first kappa shape index (κ1) is 18.5. The van der Waals surface area contributed by atoms with E-state index in [1.807, 2.05) is 23.1 Å². The standard InChI is InChI=1S/C22H28N2O2/c1-17(25)24-13-12-22(20(16-24)14-18-6-4-3-5-7-18)23-15-19-8-10-21(26-2)11-9-19/h3-11,20,22-23H,12-16H2,1-2H3/t20-,22+/m1/s1. The van der Waals surface area contributed by atoms with E-state index in [0.717, 1.165) is 38.2 Å². The molecule has 0 aliphatic carbocycles. The maximum absolute atomic E-state index is 11.8. The number of rotatable bonds is 6. The topological polar surface area (TPSA) is 41.6 Å². The van der Waals surface area contributed by atoms with Crippen LogP contribution in [0.4, 0.5) is 0 Å². The number of nitrogens with one attached hydrogen (secondary N) is 1. The minimum atomic E-state index is 0.177. The van der Waals surface area contributed by atoms with Crippen LogP contribution in [0, 0.1) is 5.92 Å². The van der Waals surface area contributed by atoms with E-state index < -0.39 is 0 Å². The van der Waals surface area contributed by atoms with Crippen molar-refractivity contribution < 1.29 is 9.53 Å². The van der Waals surface area contributed by atoms with Gasteiger partial charge in [-0.3, -0.25) is 4.79 Å². The fourth-order valence-corrected chi connectivity index (χ4v) is 3.70. The lowest BCUT2D eigenvalue weighted by molar-refractivity contribution is -0.131. The maximum Gasteiger partial charge on any atom is 0.219 e. The Hall–Kier alpha value is -2.33.